The fourth-order valence-electron chi connectivity index (χ4n) is 2.67. The number of rotatable bonds is 6. The molecule has 0 aliphatic heterocycles. The summed E-state index contributed by atoms with van der Waals surface area (Å²) >= 11 is 0. The molecule has 2 unspecified atom stereocenters. The van der Waals surface area contributed by atoms with Gasteiger partial charge in [0.15, 0.2) is 0 Å². The average Bonchev–Trinajstić information content (AvgIpc) is 3.38. The van der Waals surface area contributed by atoms with Gasteiger partial charge in [-0.3, -0.25) is 4.79 Å². The molecule has 1 saturated carbocycles. The van der Waals surface area contributed by atoms with Crippen LogP contribution in [-0.4, -0.2) is 36.0 Å². The molecule has 0 heterocycles. The molecular formula is C18H25NO3. The molecule has 0 saturated heterocycles. The molecule has 2 rings (SSSR count). The molecule has 1 aromatic carbocycles. The van der Waals surface area contributed by atoms with Gasteiger partial charge in [-0.25, -0.2) is 4.79 Å². The predicted molar refractivity (Wildman–Crippen MR) is 85.9 cm³/mol. The van der Waals surface area contributed by atoms with E-state index in [4.69, 9.17) is 0 Å². The van der Waals surface area contributed by atoms with E-state index in [1.165, 1.54) is 7.11 Å². The number of hydrogen-bond donors (Lipinski definition) is 0. The van der Waals surface area contributed by atoms with E-state index in [1.807, 2.05) is 4.90 Å². The highest BCUT2D eigenvalue weighted by Gasteiger charge is 2.37. The Bertz CT molecular complexity index is 534. The van der Waals surface area contributed by atoms with Crippen molar-refractivity contribution in [2.75, 3.05) is 7.11 Å². The van der Waals surface area contributed by atoms with E-state index in [9.17, 15) is 9.59 Å². The predicted octanol–water partition coefficient (Wildman–Crippen LogP) is 3.51. The number of carbonyl (C=O) groups excluding carboxylic acids is 2. The minimum Gasteiger partial charge on any atom is -0.465 e. The summed E-state index contributed by atoms with van der Waals surface area (Å²) < 4.78 is 4.68. The van der Waals surface area contributed by atoms with Crippen molar-refractivity contribution < 1.29 is 14.3 Å². The molecule has 0 N–H and O–H groups in total. The van der Waals surface area contributed by atoms with Crippen LogP contribution >= 0.6 is 0 Å². The van der Waals surface area contributed by atoms with Gasteiger partial charge in [-0.1, -0.05) is 20.3 Å². The zero-order valence-corrected chi connectivity index (χ0v) is 13.8. The maximum Gasteiger partial charge on any atom is 0.337 e. The lowest BCUT2D eigenvalue weighted by atomic mass is 9.98. The summed E-state index contributed by atoms with van der Waals surface area (Å²) in [6, 6.07) is 7.33. The van der Waals surface area contributed by atoms with Crippen molar-refractivity contribution in [3.63, 3.8) is 0 Å². The Morgan fingerprint density at radius 1 is 1.18 bits per heavy atom. The second-order valence-electron chi connectivity index (χ2n) is 6.14. The van der Waals surface area contributed by atoms with Crippen LogP contribution in [-0.2, 0) is 4.74 Å². The van der Waals surface area contributed by atoms with Gasteiger partial charge in [0.1, 0.15) is 0 Å². The molecule has 1 fully saturated rings. The van der Waals surface area contributed by atoms with Gasteiger partial charge in [0, 0.05) is 17.6 Å². The van der Waals surface area contributed by atoms with Gasteiger partial charge >= 0.3 is 5.97 Å². The van der Waals surface area contributed by atoms with Crippen molar-refractivity contribution in [2.45, 2.75) is 52.1 Å². The fraction of sp³-hybridized carbons (Fsp3) is 0.556. The highest BCUT2D eigenvalue weighted by atomic mass is 16.5. The monoisotopic (exact) mass is 303 g/mol. The van der Waals surface area contributed by atoms with Gasteiger partial charge < -0.3 is 9.64 Å². The normalized spacial score (nSPS) is 16.7. The Morgan fingerprint density at radius 2 is 1.73 bits per heavy atom. The lowest BCUT2D eigenvalue weighted by Gasteiger charge is -2.33. The lowest BCUT2D eigenvalue weighted by Crippen LogP contribution is -2.43. The van der Waals surface area contributed by atoms with Gasteiger partial charge in [-0.05, 0) is 49.9 Å². The van der Waals surface area contributed by atoms with E-state index in [0.29, 0.717) is 23.1 Å². The van der Waals surface area contributed by atoms with Gasteiger partial charge in [0.25, 0.3) is 5.91 Å². The first kappa shape index (κ1) is 16.5. The minimum atomic E-state index is -0.383. The number of carbonyl (C=O) groups is 2. The maximum absolute atomic E-state index is 12.8. The average molecular weight is 303 g/mol. The Hall–Kier alpha value is -1.84. The van der Waals surface area contributed by atoms with Crippen LogP contribution < -0.4 is 0 Å². The number of benzene rings is 1. The van der Waals surface area contributed by atoms with E-state index in [2.05, 4.69) is 25.5 Å². The molecule has 1 aliphatic rings. The van der Waals surface area contributed by atoms with E-state index in [0.717, 1.165) is 19.3 Å². The Morgan fingerprint density at radius 3 is 2.18 bits per heavy atom. The molecule has 22 heavy (non-hydrogen) atoms. The van der Waals surface area contributed by atoms with Crippen molar-refractivity contribution in [2.24, 2.45) is 5.92 Å². The number of hydrogen-bond acceptors (Lipinski definition) is 3. The molecule has 0 radical (unpaired) electrons. The van der Waals surface area contributed by atoms with Crippen LogP contribution in [0.2, 0.25) is 0 Å². The molecule has 0 bridgehead atoms. The quantitative estimate of drug-likeness (QED) is 0.755. The van der Waals surface area contributed by atoms with Crippen molar-refractivity contribution in [1.29, 1.82) is 0 Å². The summed E-state index contributed by atoms with van der Waals surface area (Å²) in [7, 11) is 1.35. The summed E-state index contributed by atoms with van der Waals surface area (Å²) in [5.74, 6) is 0.150. The first-order chi connectivity index (χ1) is 10.5. The maximum atomic E-state index is 12.8. The second kappa shape index (κ2) is 6.95. The smallest absolute Gasteiger partial charge is 0.337 e. The Kier molecular flexibility index (Phi) is 5.22. The van der Waals surface area contributed by atoms with Gasteiger partial charge in [0.2, 0.25) is 0 Å². The molecule has 1 aliphatic carbocycles. The van der Waals surface area contributed by atoms with Gasteiger partial charge in [0.05, 0.1) is 12.7 Å². The van der Waals surface area contributed by atoms with E-state index in [-0.39, 0.29) is 17.9 Å². The number of methoxy groups -OCH3 is 1. The zero-order chi connectivity index (χ0) is 16.3. The molecule has 4 nitrogen and oxygen atoms in total. The third-order valence-corrected chi connectivity index (χ3v) is 4.63. The van der Waals surface area contributed by atoms with Gasteiger partial charge in [-0.2, -0.15) is 0 Å². The first-order valence-corrected chi connectivity index (χ1v) is 8.00. The van der Waals surface area contributed by atoms with Crippen LogP contribution in [0.5, 0.6) is 0 Å². The van der Waals surface area contributed by atoms with E-state index in [1.54, 1.807) is 24.3 Å². The second-order valence-corrected chi connectivity index (χ2v) is 6.14. The molecule has 4 heteroatoms. The van der Waals surface area contributed by atoms with Crippen LogP contribution in [0, 0.1) is 5.92 Å². The standard InChI is InChI=1S/C18H25NO3/c1-5-12(2)13(3)19(16-10-11-16)17(20)14-6-8-15(9-7-14)18(21)22-4/h6-9,12-13,16H,5,10-11H2,1-4H3. The van der Waals surface area contributed by atoms with Gasteiger partial charge in [-0.15, -0.1) is 0 Å². The molecule has 0 aromatic heterocycles. The Balaban J connectivity index is 2.18. The van der Waals surface area contributed by atoms with Crippen LogP contribution in [0.3, 0.4) is 0 Å². The van der Waals surface area contributed by atoms with Crippen LogP contribution in [0.4, 0.5) is 0 Å². The van der Waals surface area contributed by atoms with Crippen molar-refractivity contribution in [3.8, 4) is 0 Å². The Labute approximate surface area is 132 Å². The van der Waals surface area contributed by atoms with Crippen molar-refractivity contribution >= 4 is 11.9 Å². The van der Waals surface area contributed by atoms with Crippen LogP contribution in [0.15, 0.2) is 24.3 Å². The molecule has 1 aromatic rings. The molecule has 0 spiro atoms. The summed E-state index contributed by atoms with van der Waals surface area (Å²) in [5.41, 5.74) is 1.10. The number of amides is 1. The van der Waals surface area contributed by atoms with Crippen molar-refractivity contribution in [3.05, 3.63) is 35.4 Å². The van der Waals surface area contributed by atoms with E-state index >= 15 is 0 Å². The summed E-state index contributed by atoms with van der Waals surface area (Å²) in [4.78, 5) is 26.3. The van der Waals surface area contributed by atoms with Crippen LogP contribution in [0.1, 0.15) is 60.7 Å². The van der Waals surface area contributed by atoms with E-state index < -0.39 is 0 Å². The largest absolute Gasteiger partial charge is 0.465 e. The zero-order valence-electron chi connectivity index (χ0n) is 13.8. The molecule has 2 atom stereocenters. The number of ether oxygens (including phenoxy) is 1. The molecule has 1 amide bonds. The minimum absolute atomic E-state index is 0.0618. The third-order valence-electron chi connectivity index (χ3n) is 4.63. The van der Waals surface area contributed by atoms with Crippen molar-refractivity contribution in [1.82, 2.24) is 4.90 Å². The topological polar surface area (TPSA) is 46.6 Å². The number of esters is 1. The SMILES string of the molecule is CCC(C)C(C)N(C(=O)c1ccc(C(=O)OC)cc1)C1CC1. The summed E-state index contributed by atoms with van der Waals surface area (Å²) in [6.45, 7) is 6.47. The lowest BCUT2D eigenvalue weighted by molar-refractivity contribution is 0.0593. The highest BCUT2D eigenvalue weighted by Crippen LogP contribution is 2.32. The third kappa shape index (κ3) is 3.49. The summed E-state index contributed by atoms with van der Waals surface area (Å²) in [5, 5.41) is 0. The molecular weight excluding hydrogens is 278 g/mol. The first-order valence-electron chi connectivity index (χ1n) is 8.00. The van der Waals surface area contributed by atoms with Crippen LogP contribution in [0.25, 0.3) is 0 Å². The molecule has 120 valence electrons. The number of nitrogens with zero attached hydrogens (tertiary/aromatic N) is 1. The summed E-state index contributed by atoms with van der Waals surface area (Å²) in [6.07, 6.45) is 3.23. The fourth-order valence-corrected chi connectivity index (χ4v) is 2.67. The highest BCUT2D eigenvalue weighted by molar-refractivity contribution is 5.96.